The summed E-state index contributed by atoms with van der Waals surface area (Å²) in [7, 11) is 0. The van der Waals surface area contributed by atoms with Gasteiger partial charge in [0.15, 0.2) is 23.3 Å². The zero-order valence-corrected chi connectivity index (χ0v) is 82.2. The van der Waals surface area contributed by atoms with Gasteiger partial charge in [0.25, 0.3) is 70.9 Å². The molecule has 12 aromatic carbocycles. The monoisotopic (exact) mass is 1900 g/mol. The highest BCUT2D eigenvalue weighted by atomic mass is 19.2. The van der Waals surface area contributed by atoms with Crippen molar-refractivity contribution in [3.8, 4) is 0 Å². The molecular formula is C114H106F8N6O12. The molecule has 0 aliphatic carbocycles. The fourth-order valence-corrected chi connectivity index (χ4v) is 20.9. The molecule has 0 bridgehead atoms. The highest BCUT2D eigenvalue weighted by Crippen LogP contribution is 2.54. The number of benzene rings is 12. The molecule has 0 atom stereocenters. The number of carbonyl (C=O) groups excluding carboxylic acids is 12. The molecule has 0 aromatic heterocycles. The molecule has 6 heterocycles. The Labute approximate surface area is 805 Å². The van der Waals surface area contributed by atoms with Crippen molar-refractivity contribution in [3.63, 3.8) is 0 Å². The van der Waals surface area contributed by atoms with Gasteiger partial charge in [-0.05, 0) is 162 Å². The van der Waals surface area contributed by atoms with Gasteiger partial charge in [0.1, 0.15) is 23.3 Å². The molecule has 0 spiro atoms. The average Bonchev–Trinajstić information content (AvgIpc) is 0.679. The quantitative estimate of drug-likeness (QED) is 0.0578. The molecule has 6 aliphatic heterocycles. The fraction of sp³-hybridized carbons (Fsp3) is 0.316. The Hall–Kier alpha value is -14.3. The predicted octanol–water partition coefficient (Wildman–Crippen LogP) is 27.9. The van der Waals surface area contributed by atoms with Crippen LogP contribution >= 0.6 is 0 Å². The molecule has 140 heavy (non-hydrogen) atoms. The lowest BCUT2D eigenvalue weighted by atomic mass is 9.82. The zero-order chi connectivity index (χ0) is 102. The van der Waals surface area contributed by atoms with Gasteiger partial charge in [0.2, 0.25) is 0 Å². The van der Waals surface area contributed by atoms with Crippen LogP contribution in [-0.2, 0) is 0 Å². The topological polar surface area (TPSA) is 224 Å². The summed E-state index contributed by atoms with van der Waals surface area (Å²) in [5.74, 6) is -25.7. The number of hydrogen-bond acceptors (Lipinski definition) is 12. The Morgan fingerprint density at radius 2 is 0.286 bits per heavy atom. The predicted molar refractivity (Wildman–Crippen MR) is 526 cm³/mol. The lowest BCUT2D eigenvalue weighted by molar-refractivity contribution is 0.0862. The van der Waals surface area contributed by atoms with Gasteiger partial charge in [0, 0.05) is 32.3 Å². The number of rotatable bonds is 18. The molecule has 18 rings (SSSR count). The Balaban J connectivity index is 0.000000151. The van der Waals surface area contributed by atoms with Crippen LogP contribution in [0.1, 0.15) is 428 Å². The molecule has 12 aromatic rings. The zero-order valence-electron chi connectivity index (χ0n) is 82.2. The molecule has 0 unspecified atom stereocenters. The second kappa shape index (κ2) is 36.2. The van der Waals surface area contributed by atoms with Crippen LogP contribution in [0.3, 0.4) is 0 Å². The first-order valence-electron chi connectivity index (χ1n) is 47.3. The summed E-state index contributed by atoms with van der Waals surface area (Å²) in [6.45, 7) is 45.2. The summed E-state index contributed by atoms with van der Waals surface area (Å²) in [5.41, 5.74) is 1.81. The lowest BCUT2D eigenvalue weighted by Gasteiger charge is -2.36. The van der Waals surface area contributed by atoms with Gasteiger partial charge in [0.05, 0.1) is 101 Å². The fourth-order valence-electron chi connectivity index (χ4n) is 20.9. The normalized spacial score (nSPS) is 14.7. The van der Waals surface area contributed by atoms with Crippen LogP contribution in [0.25, 0.3) is 32.3 Å². The van der Waals surface area contributed by atoms with Crippen LogP contribution < -0.4 is 29.4 Å². The van der Waals surface area contributed by atoms with Crippen molar-refractivity contribution in [2.24, 2.45) is 0 Å². The van der Waals surface area contributed by atoms with Crippen LogP contribution in [-0.4, -0.2) is 70.9 Å². The molecule has 18 nitrogen and oxygen atoms in total. The molecule has 26 heteroatoms. The van der Waals surface area contributed by atoms with Crippen LogP contribution in [0.2, 0.25) is 0 Å². The number of amides is 12. The molecule has 0 saturated carbocycles. The van der Waals surface area contributed by atoms with Crippen molar-refractivity contribution in [2.75, 3.05) is 29.4 Å². The van der Waals surface area contributed by atoms with E-state index in [-0.39, 0.29) is 126 Å². The number of anilines is 6. The third kappa shape index (κ3) is 14.9. The standard InChI is InChI=1S/C38H34F4N2O4.2C38H36F2N2O4/c1-15(2)19-11-9-12-20(16(3)4)33(19)43-35(45)25-23-24-27(31(41)29(25)39)37(47)44(34-21(17(5)6)13-10-14-22(34)18(7)8)38(48)28(24)32(42)30(40)26(23)36(43)46;1-17(2)21-11-9-12-22(18(3)4)33(21)41-35(43)25-15-28(40)32-30-26(16-27(39)31(29(25)30)37(41)45)36(44)42(38(32)46)34-23(19(5)6)13-10-14-24(34)20(7)8;1-17(2)21-11-9-12-22(18(3)4)33(21)41-35(43)25-15-27(39)30-32-29(25)26(36(41)44)16-28(40)31(32)38(46)42(37(30)45)34-23(19(5)6)13-10-14-24(34)20(7)8/h9-18H,1-8H3;2*9-20H,1-8H3. The maximum atomic E-state index is 16.4. The van der Waals surface area contributed by atoms with Gasteiger partial charge in [-0.25, -0.2) is 64.5 Å². The summed E-state index contributed by atoms with van der Waals surface area (Å²) >= 11 is 0. The van der Waals surface area contributed by atoms with E-state index in [4.69, 9.17) is 0 Å². The molecular weight excluding hydrogens is 1800 g/mol. The number of para-hydroxylation sites is 6. The SMILES string of the molecule is CC(C)c1cccc(C(C)C)c1N1C(=O)c2c(F)c(F)c3c4c(c(F)c(F)c(c24)C1=O)C(=O)N(c1c(C(C)C)cccc1C(C)C)C3=O.CC(C)c1cccc(C(C)C)c1N1C(=O)c2cc(F)c3c4c(c(F)cc(c24)C1=O)C(=O)N(c1c(C(C)C)cccc1C(C)C)C3=O.CC(C)c1cccc(C(C)C)c1N1C(=O)c2cc(F)c3c4c(cc(F)c(c24)C1=O)C(=O)N(c1c(C(C)C)cccc1C(C)C)C3=O. The second-order valence-corrected chi connectivity index (χ2v) is 40.4. The molecule has 12 amide bonds. The van der Waals surface area contributed by atoms with Gasteiger partial charge < -0.3 is 0 Å². The molecule has 0 N–H and O–H groups in total. The third-order valence-electron chi connectivity index (χ3n) is 27.6. The van der Waals surface area contributed by atoms with Crippen LogP contribution in [0.15, 0.2) is 133 Å². The van der Waals surface area contributed by atoms with E-state index in [2.05, 4.69) is 0 Å². The van der Waals surface area contributed by atoms with Gasteiger partial charge in [-0.15, -0.1) is 0 Å². The number of carbonyl (C=O) groups is 12. The minimum absolute atomic E-state index is 0.0565. The molecule has 0 fully saturated rings. The first-order chi connectivity index (χ1) is 65.9. The van der Waals surface area contributed by atoms with E-state index in [0.29, 0.717) is 88.2 Å². The van der Waals surface area contributed by atoms with Crippen molar-refractivity contribution in [2.45, 2.75) is 237 Å². The van der Waals surface area contributed by atoms with E-state index >= 15 is 35.1 Å². The van der Waals surface area contributed by atoms with Gasteiger partial charge in [-0.2, -0.15) is 0 Å². The summed E-state index contributed by atoms with van der Waals surface area (Å²) in [6.07, 6.45) is 0. The second-order valence-electron chi connectivity index (χ2n) is 40.4. The smallest absolute Gasteiger partial charge is 0.268 e. The summed E-state index contributed by atoms with van der Waals surface area (Å²) < 4.78 is 131. The minimum atomic E-state index is -1.81. The van der Waals surface area contributed by atoms with Crippen molar-refractivity contribution in [3.05, 3.63) is 314 Å². The Morgan fingerprint density at radius 3 is 0.443 bits per heavy atom. The van der Waals surface area contributed by atoms with Crippen molar-refractivity contribution >= 4 is 137 Å². The lowest BCUT2D eigenvalue weighted by Crippen LogP contribution is -2.47. The summed E-state index contributed by atoms with van der Waals surface area (Å²) in [6, 6.07) is 35.6. The average molecular weight is 1900 g/mol. The van der Waals surface area contributed by atoms with Crippen molar-refractivity contribution < 1.29 is 92.7 Å². The van der Waals surface area contributed by atoms with Crippen LogP contribution in [0, 0.1) is 46.5 Å². The number of halogens is 8. The van der Waals surface area contributed by atoms with Crippen LogP contribution in [0.4, 0.5) is 69.2 Å². The first-order valence-corrected chi connectivity index (χ1v) is 47.3. The highest BCUT2D eigenvalue weighted by Gasteiger charge is 2.53. The van der Waals surface area contributed by atoms with Crippen molar-refractivity contribution in [1.29, 1.82) is 0 Å². The third-order valence-corrected chi connectivity index (χ3v) is 27.6. The largest absolute Gasteiger partial charge is 0.269 e. The molecule has 6 aliphatic rings. The Kier molecular flexibility index (Phi) is 25.5. The van der Waals surface area contributed by atoms with E-state index < -0.39 is 173 Å². The Bertz CT molecular complexity index is 6970. The van der Waals surface area contributed by atoms with Gasteiger partial charge >= 0.3 is 0 Å². The highest BCUT2D eigenvalue weighted by molar-refractivity contribution is 6.46. The number of nitrogens with zero attached hydrogens (tertiary/aromatic N) is 6. The number of hydrogen-bond donors (Lipinski definition) is 0. The molecule has 0 saturated heterocycles. The van der Waals surface area contributed by atoms with Gasteiger partial charge in [-0.3, -0.25) is 57.5 Å². The van der Waals surface area contributed by atoms with E-state index in [1.807, 2.05) is 171 Å². The maximum absolute atomic E-state index is 16.4. The minimum Gasteiger partial charge on any atom is -0.268 e. The Morgan fingerprint density at radius 1 is 0.164 bits per heavy atom. The van der Waals surface area contributed by atoms with Crippen LogP contribution in [0.5, 0.6) is 0 Å². The number of imide groups is 6. The van der Waals surface area contributed by atoms with E-state index in [9.17, 15) is 57.5 Å². The van der Waals surface area contributed by atoms with Gasteiger partial charge in [-0.1, -0.05) is 275 Å². The van der Waals surface area contributed by atoms with E-state index in [1.165, 1.54) is 0 Å². The van der Waals surface area contributed by atoms with Crippen molar-refractivity contribution in [1.82, 2.24) is 0 Å². The summed E-state index contributed by atoms with van der Waals surface area (Å²) in [4.78, 5) is 176. The first kappa shape index (κ1) is 98.7. The molecule has 720 valence electrons. The summed E-state index contributed by atoms with van der Waals surface area (Å²) in [5, 5.41) is -2.47. The molecule has 0 radical (unpaired) electrons. The van der Waals surface area contributed by atoms with E-state index in [1.54, 1.807) is 104 Å². The van der Waals surface area contributed by atoms with E-state index in [0.717, 1.165) is 55.0 Å². The maximum Gasteiger partial charge on any atom is 0.269 e.